The van der Waals surface area contributed by atoms with Crippen molar-refractivity contribution in [3.8, 4) is 5.75 Å². The molecule has 0 unspecified atom stereocenters. The van der Waals surface area contributed by atoms with Crippen molar-refractivity contribution in [2.45, 2.75) is 14.7 Å². The van der Waals surface area contributed by atoms with Crippen LogP contribution < -0.4 is 5.73 Å². The fourth-order valence-corrected chi connectivity index (χ4v) is 4.48. The lowest BCUT2D eigenvalue weighted by molar-refractivity contribution is 0.471. The van der Waals surface area contributed by atoms with Crippen molar-refractivity contribution in [3.63, 3.8) is 0 Å². The Morgan fingerprint density at radius 1 is 0.750 bits per heavy atom. The van der Waals surface area contributed by atoms with E-state index in [4.69, 9.17) is 10.3 Å². The lowest BCUT2D eigenvalue weighted by atomic mass is 10.1. The first kappa shape index (κ1) is 23.5. The summed E-state index contributed by atoms with van der Waals surface area (Å²) >= 11 is 0. The molecule has 170 valence electrons. The summed E-state index contributed by atoms with van der Waals surface area (Å²) in [7, 11) is -14.3. The van der Waals surface area contributed by atoms with Gasteiger partial charge >= 0.3 is 0 Å². The second-order valence-electron chi connectivity index (χ2n) is 6.30. The second-order valence-corrected chi connectivity index (χ2v) is 10.5. The van der Waals surface area contributed by atoms with Crippen molar-refractivity contribution >= 4 is 58.2 Å². The average Bonchev–Trinajstić information content (AvgIpc) is 2.64. The number of nitrogen functional groups attached to an aromatic ring is 1. The van der Waals surface area contributed by atoms with Crippen LogP contribution in [-0.2, 0) is 30.4 Å². The molecule has 0 aliphatic rings. The normalized spacial score (nSPS) is 13.1. The van der Waals surface area contributed by atoms with Crippen molar-refractivity contribution in [3.05, 3.63) is 42.5 Å². The highest BCUT2D eigenvalue weighted by atomic mass is 32.2. The monoisotopic (exact) mass is 503 g/mol. The molecule has 13 nitrogen and oxygen atoms in total. The molecule has 0 aliphatic carbocycles. The Kier molecular flexibility index (Phi) is 5.71. The van der Waals surface area contributed by atoms with Crippen molar-refractivity contribution in [2.75, 3.05) is 5.73 Å². The van der Waals surface area contributed by atoms with E-state index >= 15 is 0 Å². The van der Waals surface area contributed by atoms with Gasteiger partial charge in [-0.2, -0.15) is 30.4 Å². The molecule has 0 heterocycles. The van der Waals surface area contributed by atoms with Gasteiger partial charge in [-0.3, -0.25) is 13.7 Å². The van der Waals surface area contributed by atoms with Crippen LogP contribution in [0.4, 0.5) is 17.1 Å². The fourth-order valence-electron chi connectivity index (χ4n) is 2.75. The highest BCUT2D eigenvalue weighted by Crippen LogP contribution is 2.43. The Bertz CT molecular complexity index is 1610. The first-order valence-corrected chi connectivity index (χ1v) is 12.4. The van der Waals surface area contributed by atoms with Gasteiger partial charge < -0.3 is 10.8 Å². The smallest absolute Gasteiger partial charge is 0.296 e. The summed E-state index contributed by atoms with van der Waals surface area (Å²) in [4.78, 5) is -2.20. The lowest BCUT2D eigenvalue weighted by Gasteiger charge is -2.12. The molecule has 0 fully saturated rings. The standard InChI is InChI=1S/C16H13N3O10S3/c17-15-14-8(4-11(7-12(14)20)31(24,25)26)5-13(32(27,28)29)16(15)19-18-9-2-1-3-10(6-9)30(21,22)23/h1-7,20H,17H2,(H,21,22,23)(H,24,25,26)(H,27,28,29). The quantitative estimate of drug-likeness (QED) is 0.192. The molecular formula is C16H13N3O10S3. The Morgan fingerprint density at radius 3 is 1.94 bits per heavy atom. The van der Waals surface area contributed by atoms with Gasteiger partial charge in [-0.25, -0.2) is 0 Å². The number of nitrogens with two attached hydrogens (primary N) is 1. The van der Waals surface area contributed by atoms with E-state index in [0.717, 1.165) is 24.3 Å². The van der Waals surface area contributed by atoms with Crippen LogP contribution in [0.1, 0.15) is 0 Å². The van der Waals surface area contributed by atoms with Crippen LogP contribution in [0.5, 0.6) is 5.75 Å². The predicted molar refractivity (Wildman–Crippen MR) is 110 cm³/mol. The summed E-state index contributed by atoms with van der Waals surface area (Å²) in [6.45, 7) is 0. The molecule has 6 N–H and O–H groups in total. The Hall–Kier alpha value is -3.15. The van der Waals surface area contributed by atoms with Crippen LogP contribution in [0.2, 0.25) is 0 Å². The number of anilines is 1. The number of phenols is 1. The second kappa shape index (κ2) is 7.76. The maximum Gasteiger partial charge on any atom is 0.296 e. The zero-order chi connectivity index (χ0) is 24.1. The van der Waals surface area contributed by atoms with Gasteiger partial charge in [0.1, 0.15) is 16.3 Å². The number of phenolic OH excluding ortho intramolecular Hbond substituents is 1. The number of hydrogen-bond acceptors (Lipinski definition) is 10. The maximum absolute atomic E-state index is 11.9. The first-order chi connectivity index (χ1) is 14.6. The molecule has 32 heavy (non-hydrogen) atoms. The summed E-state index contributed by atoms with van der Waals surface area (Å²) in [5.41, 5.74) is 4.59. The number of aromatic hydroxyl groups is 1. The molecule has 16 heteroatoms. The molecule has 0 bridgehead atoms. The zero-order valence-corrected chi connectivity index (χ0v) is 17.9. The Labute approximate surface area is 181 Å². The molecule has 0 saturated carbocycles. The van der Waals surface area contributed by atoms with Crippen molar-refractivity contribution in [1.29, 1.82) is 0 Å². The van der Waals surface area contributed by atoms with E-state index in [2.05, 4.69) is 10.2 Å². The fraction of sp³-hybridized carbons (Fsp3) is 0. The number of fused-ring (bicyclic) bond motifs is 1. The summed E-state index contributed by atoms with van der Waals surface area (Å²) in [5.74, 6) is -0.751. The summed E-state index contributed by atoms with van der Waals surface area (Å²) in [6, 6.07) is 6.68. The van der Waals surface area contributed by atoms with Crippen LogP contribution in [0.15, 0.2) is 67.4 Å². The van der Waals surface area contributed by atoms with E-state index in [1.165, 1.54) is 12.1 Å². The molecular weight excluding hydrogens is 490 g/mol. The number of benzene rings is 3. The van der Waals surface area contributed by atoms with E-state index in [1.54, 1.807) is 0 Å². The third-order valence-electron chi connectivity index (χ3n) is 4.12. The van der Waals surface area contributed by atoms with Gasteiger partial charge in [-0.15, -0.1) is 5.11 Å². The highest BCUT2D eigenvalue weighted by Gasteiger charge is 2.24. The summed E-state index contributed by atoms with van der Waals surface area (Å²) < 4.78 is 96.8. The van der Waals surface area contributed by atoms with Gasteiger partial charge in [0.2, 0.25) is 0 Å². The first-order valence-electron chi connectivity index (χ1n) is 8.12. The van der Waals surface area contributed by atoms with E-state index in [1.807, 2.05) is 0 Å². The molecule has 0 amide bonds. The van der Waals surface area contributed by atoms with Crippen LogP contribution >= 0.6 is 0 Å². The molecule has 0 saturated heterocycles. The van der Waals surface area contributed by atoms with Crippen molar-refractivity contribution < 1.29 is 44.0 Å². The SMILES string of the molecule is Nc1c(N=Nc2cccc(S(=O)(=O)O)c2)c(S(=O)(=O)O)cc2cc(S(=O)(=O)O)cc(O)c12. The third-order valence-corrected chi connectivity index (χ3v) is 6.67. The molecule has 0 spiro atoms. The summed E-state index contributed by atoms with van der Waals surface area (Å²) in [6.07, 6.45) is 0. The van der Waals surface area contributed by atoms with E-state index in [-0.39, 0.29) is 16.5 Å². The molecule has 3 aromatic rings. The predicted octanol–water partition coefficient (Wildman–Crippen LogP) is 2.28. The topological polar surface area (TPSA) is 234 Å². The Balaban J connectivity index is 2.30. The van der Waals surface area contributed by atoms with Crippen LogP contribution in [0, 0.1) is 0 Å². The van der Waals surface area contributed by atoms with Gasteiger partial charge in [0.25, 0.3) is 30.4 Å². The highest BCUT2D eigenvalue weighted by molar-refractivity contribution is 7.86. The van der Waals surface area contributed by atoms with Crippen LogP contribution in [0.3, 0.4) is 0 Å². The van der Waals surface area contributed by atoms with E-state index in [9.17, 15) is 39.5 Å². The number of azo groups is 1. The summed E-state index contributed by atoms with van der Waals surface area (Å²) in [5, 5.41) is 17.0. The molecule has 0 aliphatic heterocycles. The van der Waals surface area contributed by atoms with E-state index in [0.29, 0.717) is 6.07 Å². The molecule has 0 atom stereocenters. The Morgan fingerprint density at radius 2 is 1.38 bits per heavy atom. The minimum atomic E-state index is -5.01. The average molecular weight is 503 g/mol. The van der Waals surface area contributed by atoms with Crippen molar-refractivity contribution in [2.24, 2.45) is 10.2 Å². The molecule has 0 radical (unpaired) electrons. The van der Waals surface area contributed by atoms with Gasteiger partial charge in [0.05, 0.1) is 21.2 Å². The van der Waals surface area contributed by atoms with Crippen molar-refractivity contribution in [1.82, 2.24) is 0 Å². The minimum Gasteiger partial charge on any atom is -0.507 e. The van der Waals surface area contributed by atoms with Crippen LogP contribution in [-0.4, -0.2) is 44.0 Å². The van der Waals surface area contributed by atoms with Crippen LogP contribution in [0.25, 0.3) is 10.8 Å². The lowest BCUT2D eigenvalue weighted by Crippen LogP contribution is -2.03. The number of rotatable bonds is 5. The maximum atomic E-state index is 11.9. The van der Waals surface area contributed by atoms with E-state index < -0.39 is 62.2 Å². The molecule has 3 rings (SSSR count). The van der Waals surface area contributed by atoms with Gasteiger partial charge in [0, 0.05) is 11.5 Å². The largest absolute Gasteiger partial charge is 0.507 e. The molecule has 0 aromatic heterocycles. The minimum absolute atomic E-state index is 0.146. The molecule has 3 aromatic carbocycles. The zero-order valence-electron chi connectivity index (χ0n) is 15.5. The van der Waals surface area contributed by atoms with Gasteiger partial charge in [0.15, 0.2) is 0 Å². The van der Waals surface area contributed by atoms with Gasteiger partial charge in [-0.05, 0) is 35.7 Å². The number of hydrogen-bond donors (Lipinski definition) is 5. The third kappa shape index (κ3) is 4.69. The number of nitrogens with zero attached hydrogens (tertiary/aromatic N) is 2. The van der Waals surface area contributed by atoms with Gasteiger partial charge in [-0.1, -0.05) is 6.07 Å².